The lowest BCUT2D eigenvalue weighted by atomic mass is 10.0. The zero-order valence-corrected chi connectivity index (χ0v) is 11.2. The fraction of sp³-hybridized carbons (Fsp3) is 0.615. The lowest BCUT2D eigenvalue weighted by Crippen LogP contribution is -2.45. The Kier molecular flexibility index (Phi) is 3.87. The van der Waals surface area contributed by atoms with Crippen LogP contribution in [0.25, 0.3) is 0 Å². The van der Waals surface area contributed by atoms with Crippen LogP contribution >= 0.6 is 0 Å². The predicted octanol–water partition coefficient (Wildman–Crippen LogP) is 1.54. The van der Waals surface area contributed by atoms with E-state index in [4.69, 9.17) is 5.11 Å². The van der Waals surface area contributed by atoms with Crippen LogP contribution < -0.4 is 0 Å². The van der Waals surface area contributed by atoms with E-state index in [1.807, 2.05) is 4.90 Å². The van der Waals surface area contributed by atoms with Crippen LogP contribution in [-0.4, -0.2) is 44.3 Å². The second kappa shape index (κ2) is 5.42. The summed E-state index contributed by atoms with van der Waals surface area (Å²) in [7, 11) is 0. The summed E-state index contributed by atoms with van der Waals surface area (Å²) in [6, 6.07) is 1.19. The summed E-state index contributed by atoms with van der Waals surface area (Å²) >= 11 is 0. The number of hydrogen-bond acceptors (Lipinski definition) is 3. The van der Waals surface area contributed by atoms with Crippen molar-refractivity contribution < 1.29 is 14.7 Å². The van der Waals surface area contributed by atoms with Gasteiger partial charge in [0.2, 0.25) is 5.91 Å². The van der Waals surface area contributed by atoms with Gasteiger partial charge in [-0.3, -0.25) is 9.48 Å². The largest absolute Gasteiger partial charge is 0.476 e. The maximum Gasteiger partial charge on any atom is 0.356 e. The lowest BCUT2D eigenvalue weighted by molar-refractivity contribution is -0.137. The van der Waals surface area contributed by atoms with Gasteiger partial charge in [0.05, 0.1) is 0 Å². The molecule has 19 heavy (non-hydrogen) atoms. The molecule has 2 atom stereocenters. The standard InChI is InChI=1S/C13H19N3O3/c1-9-5-3-4-7-15(9)12(17)10(2)16-8-6-11(14-16)13(18)19/h6,8-10H,3-5,7H2,1-2H3,(H,18,19). The highest BCUT2D eigenvalue weighted by molar-refractivity contribution is 5.85. The number of carbonyl (C=O) groups excluding carboxylic acids is 1. The number of aromatic carboxylic acids is 1. The second-order valence-corrected chi connectivity index (χ2v) is 5.04. The molecule has 1 aromatic rings. The molecule has 0 bridgehead atoms. The summed E-state index contributed by atoms with van der Waals surface area (Å²) in [4.78, 5) is 25.1. The smallest absolute Gasteiger partial charge is 0.356 e. The van der Waals surface area contributed by atoms with Crippen molar-refractivity contribution in [1.82, 2.24) is 14.7 Å². The summed E-state index contributed by atoms with van der Waals surface area (Å²) in [5, 5.41) is 12.8. The van der Waals surface area contributed by atoms with Gasteiger partial charge in [0.15, 0.2) is 5.69 Å². The summed E-state index contributed by atoms with van der Waals surface area (Å²) in [6.07, 6.45) is 4.76. The van der Waals surface area contributed by atoms with Gasteiger partial charge in [0, 0.05) is 18.8 Å². The SMILES string of the molecule is CC1CCCCN1C(=O)C(C)n1ccc(C(=O)O)n1. The summed E-state index contributed by atoms with van der Waals surface area (Å²) in [5.41, 5.74) is -0.0358. The molecule has 0 spiro atoms. The number of nitrogens with zero attached hydrogens (tertiary/aromatic N) is 3. The molecule has 104 valence electrons. The molecule has 1 fully saturated rings. The molecule has 0 aliphatic carbocycles. The monoisotopic (exact) mass is 265 g/mol. The van der Waals surface area contributed by atoms with Gasteiger partial charge in [-0.25, -0.2) is 4.79 Å². The van der Waals surface area contributed by atoms with Crippen molar-refractivity contribution in [2.45, 2.75) is 45.2 Å². The fourth-order valence-corrected chi connectivity index (χ4v) is 2.45. The zero-order valence-electron chi connectivity index (χ0n) is 11.2. The number of hydrogen-bond donors (Lipinski definition) is 1. The van der Waals surface area contributed by atoms with Crippen molar-refractivity contribution in [3.05, 3.63) is 18.0 Å². The van der Waals surface area contributed by atoms with Crippen LogP contribution in [0.3, 0.4) is 0 Å². The highest BCUT2D eigenvalue weighted by Gasteiger charge is 2.28. The Balaban J connectivity index is 2.11. The van der Waals surface area contributed by atoms with E-state index < -0.39 is 12.0 Å². The topological polar surface area (TPSA) is 75.4 Å². The average Bonchev–Trinajstić information content (AvgIpc) is 2.87. The third-order valence-corrected chi connectivity index (χ3v) is 3.67. The molecule has 2 unspecified atom stereocenters. The number of likely N-dealkylation sites (tertiary alicyclic amines) is 1. The van der Waals surface area contributed by atoms with Crippen molar-refractivity contribution in [3.8, 4) is 0 Å². The number of piperidine rings is 1. The number of carboxylic acids is 1. The van der Waals surface area contributed by atoms with E-state index in [1.165, 1.54) is 10.7 Å². The van der Waals surface area contributed by atoms with Gasteiger partial charge in [-0.05, 0) is 39.2 Å². The van der Waals surface area contributed by atoms with E-state index in [9.17, 15) is 9.59 Å². The van der Waals surface area contributed by atoms with Gasteiger partial charge in [-0.1, -0.05) is 0 Å². The van der Waals surface area contributed by atoms with Crippen LogP contribution in [-0.2, 0) is 4.79 Å². The van der Waals surface area contributed by atoms with Crippen molar-refractivity contribution in [1.29, 1.82) is 0 Å². The second-order valence-electron chi connectivity index (χ2n) is 5.04. The first-order valence-electron chi connectivity index (χ1n) is 6.59. The van der Waals surface area contributed by atoms with E-state index in [2.05, 4.69) is 12.0 Å². The molecule has 2 rings (SSSR count). The van der Waals surface area contributed by atoms with Crippen molar-refractivity contribution in [3.63, 3.8) is 0 Å². The van der Waals surface area contributed by atoms with E-state index in [0.717, 1.165) is 25.8 Å². The van der Waals surface area contributed by atoms with Gasteiger partial charge >= 0.3 is 5.97 Å². The first kappa shape index (κ1) is 13.6. The normalized spacial score (nSPS) is 21.2. The molecule has 1 aromatic heterocycles. The number of rotatable bonds is 3. The zero-order chi connectivity index (χ0) is 14.0. The molecule has 0 radical (unpaired) electrons. The number of aromatic nitrogens is 2. The molecule has 0 saturated carbocycles. The molecule has 6 heteroatoms. The van der Waals surface area contributed by atoms with Crippen molar-refractivity contribution in [2.24, 2.45) is 0 Å². The Morgan fingerprint density at radius 1 is 1.47 bits per heavy atom. The van der Waals surface area contributed by atoms with Crippen LogP contribution in [0.2, 0.25) is 0 Å². The maximum absolute atomic E-state index is 12.4. The molecule has 6 nitrogen and oxygen atoms in total. The Bertz CT molecular complexity index is 483. The molecule has 1 aliphatic heterocycles. The van der Waals surface area contributed by atoms with Crippen LogP contribution in [0.4, 0.5) is 0 Å². The molecule has 0 aromatic carbocycles. The third kappa shape index (κ3) is 2.77. The molecule has 1 N–H and O–H groups in total. The van der Waals surface area contributed by atoms with E-state index in [0.29, 0.717) is 0 Å². The van der Waals surface area contributed by atoms with Gasteiger partial charge in [-0.2, -0.15) is 5.10 Å². The minimum absolute atomic E-state index is 0.00670. The minimum Gasteiger partial charge on any atom is -0.476 e. The Hall–Kier alpha value is -1.85. The van der Waals surface area contributed by atoms with Gasteiger partial charge in [0.25, 0.3) is 0 Å². The highest BCUT2D eigenvalue weighted by Crippen LogP contribution is 2.20. The van der Waals surface area contributed by atoms with Crippen molar-refractivity contribution >= 4 is 11.9 Å². The van der Waals surface area contributed by atoms with Crippen LogP contribution in [0.15, 0.2) is 12.3 Å². The van der Waals surface area contributed by atoms with Gasteiger partial charge < -0.3 is 10.0 Å². The number of carbonyl (C=O) groups is 2. The lowest BCUT2D eigenvalue weighted by Gasteiger charge is -2.35. The predicted molar refractivity (Wildman–Crippen MR) is 68.9 cm³/mol. The summed E-state index contributed by atoms with van der Waals surface area (Å²) in [5.74, 6) is -1.07. The first-order chi connectivity index (χ1) is 9.00. The molecule has 1 amide bonds. The quantitative estimate of drug-likeness (QED) is 0.899. The molecular weight excluding hydrogens is 246 g/mol. The van der Waals surface area contributed by atoms with Gasteiger partial charge in [0.1, 0.15) is 6.04 Å². The molecule has 1 saturated heterocycles. The van der Waals surface area contributed by atoms with Crippen LogP contribution in [0.5, 0.6) is 0 Å². The Morgan fingerprint density at radius 2 is 2.21 bits per heavy atom. The molecular formula is C13H19N3O3. The average molecular weight is 265 g/mol. The summed E-state index contributed by atoms with van der Waals surface area (Å²) < 4.78 is 1.42. The third-order valence-electron chi connectivity index (χ3n) is 3.67. The van der Waals surface area contributed by atoms with E-state index in [1.54, 1.807) is 13.1 Å². The Labute approximate surface area is 112 Å². The van der Waals surface area contributed by atoms with E-state index >= 15 is 0 Å². The maximum atomic E-state index is 12.4. The highest BCUT2D eigenvalue weighted by atomic mass is 16.4. The number of amides is 1. The molecule has 2 heterocycles. The molecule has 1 aliphatic rings. The van der Waals surface area contributed by atoms with Crippen LogP contribution in [0, 0.1) is 0 Å². The van der Waals surface area contributed by atoms with Gasteiger partial charge in [-0.15, -0.1) is 0 Å². The fourth-order valence-electron chi connectivity index (χ4n) is 2.45. The van der Waals surface area contributed by atoms with Crippen molar-refractivity contribution in [2.75, 3.05) is 6.54 Å². The van der Waals surface area contributed by atoms with E-state index in [-0.39, 0.29) is 17.6 Å². The Morgan fingerprint density at radius 3 is 2.79 bits per heavy atom. The summed E-state index contributed by atoms with van der Waals surface area (Å²) in [6.45, 7) is 4.58. The minimum atomic E-state index is -1.08. The first-order valence-corrected chi connectivity index (χ1v) is 6.59. The number of carboxylic acid groups (broad SMARTS) is 1. The van der Waals surface area contributed by atoms with Crippen LogP contribution in [0.1, 0.15) is 49.6 Å².